The summed E-state index contributed by atoms with van der Waals surface area (Å²) < 4.78 is 88.3. The number of nitrogens with zero attached hydrogens (tertiary/aromatic N) is 2. The van der Waals surface area contributed by atoms with Crippen molar-refractivity contribution < 1.29 is 49.9 Å². The van der Waals surface area contributed by atoms with Crippen molar-refractivity contribution in [2.45, 2.75) is 108 Å². The standard InChI is InChI=1S/C36H43F4N5O7S/c1-5-21-16-35(21,32(48)43-53(50,51)25-12-13-25)42-30(46)28-15-24(52-33(49)44-17-20-8-6-11-27(37)26(20)19-44)18-45(28)31(47)29(34(2,3)4)41-23-10-7-9-22(14-23)36(38,39)40/h6-11,14,21,24-25,28-29,41H,5,12-13,15-19H2,1-4H3,(H,42,46)(H,43,48)/t21-,24-,28+,29-,35-/m1/s1. The van der Waals surface area contributed by atoms with Crippen molar-refractivity contribution >= 4 is 39.5 Å². The van der Waals surface area contributed by atoms with Crippen molar-refractivity contribution in [2.75, 3.05) is 11.9 Å². The zero-order valence-electron chi connectivity index (χ0n) is 29.8. The molecular weight excluding hydrogens is 722 g/mol. The molecule has 0 spiro atoms. The molecule has 5 atom stereocenters. The largest absolute Gasteiger partial charge is 0.444 e. The van der Waals surface area contributed by atoms with Crippen LogP contribution in [0.15, 0.2) is 42.5 Å². The average Bonchev–Trinajstić information content (AvgIpc) is 3.97. The maximum absolute atomic E-state index is 14.5. The summed E-state index contributed by atoms with van der Waals surface area (Å²) in [6.45, 7) is 6.63. The van der Waals surface area contributed by atoms with Crippen LogP contribution in [-0.4, -0.2) is 77.6 Å². The number of fused-ring (bicyclic) bond motifs is 1. The molecule has 2 saturated carbocycles. The Bertz CT molecular complexity index is 1920. The van der Waals surface area contributed by atoms with Crippen LogP contribution in [0.1, 0.15) is 76.5 Å². The lowest BCUT2D eigenvalue weighted by Gasteiger charge is -2.36. The highest BCUT2D eigenvalue weighted by Gasteiger charge is 2.62. The summed E-state index contributed by atoms with van der Waals surface area (Å²) in [5.41, 5.74) is -2.44. The second-order valence-electron chi connectivity index (χ2n) is 15.4. The fourth-order valence-corrected chi connectivity index (χ4v) is 8.53. The Morgan fingerprint density at radius 2 is 1.74 bits per heavy atom. The minimum atomic E-state index is -4.64. The molecule has 3 fully saturated rings. The van der Waals surface area contributed by atoms with Gasteiger partial charge in [0, 0.05) is 24.2 Å². The van der Waals surface area contributed by atoms with E-state index >= 15 is 0 Å². The Hall–Kier alpha value is -4.41. The summed E-state index contributed by atoms with van der Waals surface area (Å²) in [7, 11) is -3.94. The molecular formula is C36H43F4N5O7S. The Balaban J connectivity index is 1.26. The second kappa shape index (κ2) is 13.8. The summed E-state index contributed by atoms with van der Waals surface area (Å²) in [5, 5.41) is 4.96. The molecule has 2 aliphatic carbocycles. The first-order chi connectivity index (χ1) is 24.7. The quantitative estimate of drug-likeness (QED) is 0.295. The van der Waals surface area contributed by atoms with Crippen LogP contribution in [0.3, 0.4) is 0 Å². The normalized spacial score (nSPS) is 24.6. The lowest BCUT2D eigenvalue weighted by molar-refractivity contribution is -0.141. The summed E-state index contributed by atoms with van der Waals surface area (Å²) in [6, 6.07) is 6.36. The molecule has 288 valence electrons. The minimum Gasteiger partial charge on any atom is -0.444 e. The van der Waals surface area contributed by atoms with Crippen LogP contribution < -0.4 is 15.4 Å². The van der Waals surface area contributed by atoms with Crippen molar-refractivity contribution in [1.29, 1.82) is 0 Å². The van der Waals surface area contributed by atoms with Gasteiger partial charge in [0.1, 0.15) is 29.5 Å². The molecule has 3 N–H and O–H groups in total. The number of sulfonamides is 1. The Kier molecular flexibility index (Phi) is 9.96. The lowest BCUT2D eigenvalue weighted by atomic mass is 9.85. The first-order valence-corrected chi connectivity index (χ1v) is 19.1. The number of nitrogens with one attached hydrogen (secondary N) is 3. The van der Waals surface area contributed by atoms with Gasteiger partial charge in [0.2, 0.25) is 21.8 Å². The van der Waals surface area contributed by atoms with Crippen LogP contribution in [-0.2, 0) is 48.4 Å². The highest BCUT2D eigenvalue weighted by Crippen LogP contribution is 2.47. The lowest BCUT2D eigenvalue weighted by Crippen LogP contribution is -2.58. The minimum absolute atomic E-state index is 0.00775. The van der Waals surface area contributed by atoms with E-state index in [9.17, 15) is 45.2 Å². The number of alkyl halides is 3. The van der Waals surface area contributed by atoms with E-state index < -0.39 is 85.8 Å². The molecule has 2 aromatic carbocycles. The average molecular weight is 766 g/mol. The van der Waals surface area contributed by atoms with E-state index in [1.165, 1.54) is 34.1 Å². The van der Waals surface area contributed by atoms with Gasteiger partial charge in [0.25, 0.3) is 5.91 Å². The monoisotopic (exact) mass is 765 g/mol. The van der Waals surface area contributed by atoms with Crippen molar-refractivity contribution in [3.05, 3.63) is 65.0 Å². The van der Waals surface area contributed by atoms with E-state index in [1.807, 2.05) is 0 Å². The predicted molar refractivity (Wildman–Crippen MR) is 184 cm³/mol. The molecule has 2 aromatic rings. The summed E-state index contributed by atoms with van der Waals surface area (Å²) in [4.78, 5) is 57.9. The maximum Gasteiger partial charge on any atom is 0.416 e. The summed E-state index contributed by atoms with van der Waals surface area (Å²) >= 11 is 0. The molecule has 0 radical (unpaired) electrons. The number of hydrogen-bond donors (Lipinski definition) is 3. The van der Waals surface area contributed by atoms with Gasteiger partial charge in [0.05, 0.1) is 23.9 Å². The number of carbonyl (C=O) groups is 4. The Morgan fingerprint density at radius 3 is 2.34 bits per heavy atom. The van der Waals surface area contributed by atoms with Crippen LogP contribution in [0.2, 0.25) is 0 Å². The highest BCUT2D eigenvalue weighted by atomic mass is 32.2. The molecule has 0 aromatic heterocycles. The van der Waals surface area contributed by atoms with Gasteiger partial charge in [-0.25, -0.2) is 17.6 Å². The van der Waals surface area contributed by atoms with Crippen molar-refractivity contribution in [2.24, 2.45) is 11.3 Å². The van der Waals surface area contributed by atoms with Gasteiger partial charge in [0.15, 0.2) is 0 Å². The van der Waals surface area contributed by atoms with Crippen LogP contribution in [0.5, 0.6) is 0 Å². The van der Waals surface area contributed by atoms with Gasteiger partial charge in [-0.05, 0) is 60.4 Å². The number of likely N-dealkylation sites (tertiary alicyclic amines) is 1. The number of ether oxygens (including phenoxy) is 1. The maximum atomic E-state index is 14.5. The van der Waals surface area contributed by atoms with Gasteiger partial charge >= 0.3 is 12.3 Å². The van der Waals surface area contributed by atoms with Gasteiger partial charge in [-0.3, -0.25) is 24.0 Å². The third-order valence-electron chi connectivity index (χ3n) is 10.5. The van der Waals surface area contributed by atoms with E-state index in [0.29, 0.717) is 30.4 Å². The number of benzene rings is 2. The fourth-order valence-electron chi connectivity index (χ4n) is 7.16. The Labute approximate surface area is 305 Å². The number of amides is 4. The van der Waals surface area contributed by atoms with E-state index in [4.69, 9.17) is 4.74 Å². The molecule has 0 bridgehead atoms. The zero-order chi connectivity index (χ0) is 38.7. The van der Waals surface area contributed by atoms with Gasteiger partial charge in [-0.2, -0.15) is 13.2 Å². The van der Waals surface area contributed by atoms with Crippen molar-refractivity contribution in [3.8, 4) is 0 Å². The van der Waals surface area contributed by atoms with Crippen LogP contribution in [0.4, 0.5) is 28.0 Å². The molecule has 1 saturated heterocycles. The number of rotatable bonds is 10. The van der Waals surface area contributed by atoms with E-state index in [2.05, 4.69) is 15.4 Å². The van der Waals surface area contributed by atoms with Crippen molar-refractivity contribution in [3.63, 3.8) is 0 Å². The van der Waals surface area contributed by atoms with Crippen molar-refractivity contribution in [1.82, 2.24) is 19.8 Å². The molecule has 4 aliphatic rings. The molecule has 17 heteroatoms. The zero-order valence-corrected chi connectivity index (χ0v) is 30.6. The molecule has 6 rings (SSSR count). The SMILES string of the molecule is CC[C@@H]1C[C@]1(NC(=O)[C@@H]1C[C@@H](OC(=O)N2Cc3cccc(F)c3C2)CN1C(=O)[C@@H](Nc1cccc(C(F)(F)F)c1)C(C)(C)C)C(=O)NS(=O)(=O)C1CC1. The third kappa shape index (κ3) is 7.94. The van der Waals surface area contributed by atoms with E-state index in [-0.39, 0.29) is 44.1 Å². The van der Waals surface area contributed by atoms with E-state index in [1.54, 1.807) is 33.8 Å². The molecule has 4 amide bonds. The highest BCUT2D eigenvalue weighted by molar-refractivity contribution is 7.91. The third-order valence-corrected chi connectivity index (χ3v) is 12.3. The first-order valence-electron chi connectivity index (χ1n) is 17.6. The summed E-state index contributed by atoms with van der Waals surface area (Å²) in [5.74, 6) is -3.19. The molecule has 53 heavy (non-hydrogen) atoms. The first kappa shape index (κ1) is 38.3. The number of carbonyl (C=O) groups excluding carboxylic acids is 4. The van der Waals surface area contributed by atoms with Gasteiger partial charge in [-0.15, -0.1) is 0 Å². The Morgan fingerprint density at radius 1 is 1.04 bits per heavy atom. The number of anilines is 1. The molecule has 12 nitrogen and oxygen atoms in total. The molecule has 2 aliphatic heterocycles. The van der Waals surface area contributed by atoms with Gasteiger partial charge in [-0.1, -0.05) is 52.3 Å². The topological polar surface area (TPSA) is 154 Å². The van der Waals surface area contributed by atoms with E-state index in [0.717, 1.165) is 12.1 Å². The molecule has 2 heterocycles. The fraction of sp³-hybridized carbons (Fsp3) is 0.556. The van der Waals surface area contributed by atoms with Crippen LogP contribution >= 0.6 is 0 Å². The summed E-state index contributed by atoms with van der Waals surface area (Å²) in [6.07, 6.45) is -5.25. The van der Waals surface area contributed by atoms with Crippen LogP contribution in [0, 0.1) is 17.2 Å². The smallest absolute Gasteiger partial charge is 0.416 e. The van der Waals surface area contributed by atoms with Gasteiger partial charge < -0.3 is 20.3 Å². The predicted octanol–water partition coefficient (Wildman–Crippen LogP) is 4.69. The molecule has 0 unspecified atom stereocenters. The number of hydrogen-bond acceptors (Lipinski definition) is 8. The number of halogens is 4. The van der Waals surface area contributed by atoms with Crippen LogP contribution in [0.25, 0.3) is 0 Å². The second-order valence-corrected chi connectivity index (χ2v) is 17.4.